The second-order valence-corrected chi connectivity index (χ2v) is 40.4. The number of anilines is 1. The van der Waals surface area contributed by atoms with Crippen LogP contribution in [-0.4, -0.2) is 130 Å². The SMILES string of the molecule is CC(=O)C(C)(C)OCc1cc(-c2cccc(C#N)c2)n(Cc2ccccc2Cl)n1.CC(=O)C(C)(C)OCc1cc(-c2cccc(C(C)C)c2)n(Cc2ccccc2Cl)n1.CC(=O)C(C)(C)OCc1cc(-c2cccc(N(C)C)c2)n(Cc2ccccc2Cl)n1.CC(=O)C(C)(C)OCc1cc(-c2cncs2)n(Cc2ccccc2Cl)n1.CC(=O)C(C)(C)OCc1cc(-c2cscn2)n(Cc2ccccc2Cl)n1. The monoisotopic (exact) mass is 2030 g/mol. The molecule has 0 saturated carbocycles. The fourth-order valence-electron chi connectivity index (χ4n) is 13.6. The zero-order valence-corrected chi connectivity index (χ0v) is 88.3. The van der Waals surface area contributed by atoms with Gasteiger partial charge in [-0.25, -0.2) is 4.98 Å². The lowest BCUT2D eigenvalue weighted by Gasteiger charge is -2.21. The predicted molar refractivity (Wildman–Crippen MR) is 563 cm³/mol. The van der Waals surface area contributed by atoms with Crippen LogP contribution in [0.5, 0.6) is 0 Å². The summed E-state index contributed by atoms with van der Waals surface area (Å²) in [5, 5.41) is 38.2. The smallest absolute Gasteiger partial charge is 0.161 e. The van der Waals surface area contributed by atoms with Crippen molar-refractivity contribution in [1.29, 1.82) is 5.26 Å². The number of ether oxygens (including phenoxy) is 5. The molecule has 0 fully saturated rings. The van der Waals surface area contributed by atoms with Gasteiger partial charge >= 0.3 is 0 Å². The second kappa shape index (κ2) is 49.6. The van der Waals surface area contributed by atoms with Gasteiger partial charge in [0, 0.05) is 73.2 Å². The number of Topliss-reactive ketones (excluding diaryl/α,β-unsaturated/α-hetero) is 5. The Morgan fingerprint density at radius 3 is 0.972 bits per heavy atom. The molecule has 0 spiro atoms. The molecule has 736 valence electrons. The molecule has 8 aromatic carbocycles. The quantitative estimate of drug-likeness (QED) is 0.0350. The van der Waals surface area contributed by atoms with Crippen molar-refractivity contribution in [3.8, 4) is 61.8 Å². The number of aromatic nitrogens is 12. The van der Waals surface area contributed by atoms with E-state index in [1.165, 1.54) is 44.6 Å². The third-order valence-electron chi connectivity index (χ3n) is 23.9. The van der Waals surface area contributed by atoms with Crippen LogP contribution in [0.4, 0.5) is 5.69 Å². The van der Waals surface area contributed by atoms with Crippen molar-refractivity contribution in [3.05, 3.63) is 340 Å². The number of halogens is 5. The van der Waals surface area contributed by atoms with Gasteiger partial charge < -0.3 is 28.6 Å². The van der Waals surface area contributed by atoms with Crippen molar-refractivity contribution in [2.24, 2.45) is 0 Å². The molecule has 0 radical (unpaired) electrons. The van der Waals surface area contributed by atoms with E-state index < -0.39 is 28.0 Å². The lowest BCUT2D eigenvalue weighted by molar-refractivity contribution is -0.140. The summed E-state index contributed by atoms with van der Waals surface area (Å²) in [7, 11) is 4.03. The van der Waals surface area contributed by atoms with Gasteiger partial charge in [-0.05, 0) is 234 Å². The Hall–Kier alpha value is -12.0. The summed E-state index contributed by atoms with van der Waals surface area (Å²) in [5.74, 6) is 0.321. The maximum Gasteiger partial charge on any atom is 0.161 e. The molecule has 0 atom stereocenters. The highest BCUT2D eigenvalue weighted by atomic mass is 35.5. The standard InChI is InChI=1S/C25H29ClN2O2.C24H28ClN3O2.C23H22ClN3O2.2C19H20ClN3O2S/c1-17(2)19-10-8-11-20(13-19)24-14-22(16-30-25(4,5)18(3)29)27-28(24)15-21-9-6-7-12-23(21)26;1-17(29)24(2,3)30-16-20-14-23(18-10-8-11-21(13-18)27(4)5)28(26-20)15-19-9-6-7-12-22(19)25;1-16(28)23(2,3)29-15-20-12-22(18-9-6-7-17(11-18)13-25)27(26-20)14-19-8-4-5-10-21(19)24;1-13(24)19(2,3)25-11-15-8-17(18-9-21-12-26-18)23(22-15)10-14-6-4-5-7-16(14)20;1-13(24)19(2,3)25-10-15-8-18(17-11-26-12-21-17)23(22-15)9-14-6-4-5-7-16(14)20/h6-14,17H,15-16H2,1-5H3;6-14H,15-16H2,1-5H3;4-12H,14-15H2,1-3H3;4-9,12H,10-11H2,1-3H3;4-8,11-12H,9-10H2,1-3H3. The van der Waals surface area contributed by atoms with Crippen LogP contribution in [0.25, 0.3) is 55.7 Å². The van der Waals surface area contributed by atoms with Gasteiger partial charge in [0.05, 0.1) is 156 Å². The molecule has 0 amide bonds. The van der Waals surface area contributed by atoms with Crippen LogP contribution in [0.3, 0.4) is 0 Å². The summed E-state index contributed by atoms with van der Waals surface area (Å²) in [6.45, 7) is 33.5. The predicted octanol–water partition coefficient (Wildman–Crippen LogP) is 25.7. The van der Waals surface area contributed by atoms with Crippen molar-refractivity contribution in [2.75, 3.05) is 19.0 Å². The first-order valence-electron chi connectivity index (χ1n) is 45.8. The molecule has 15 rings (SSSR count). The van der Waals surface area contributed by atoms with E-state index in [1.807, 2.05) is 225 Å². The van der Waals surface area contributed by atoms with Crippen LogP contribution in [-0.2, 0) is 113 Å². The van der Waals surface area contributed by atoms with Crippen LogP contribution in [0, 0.1) is 11.3 Å². The van der Waals surface area contributed by atoms with E-state index in [4.69, 9.17) is 91.9 Å². The molecular weight excluding hydrogens is 1920 g/mol. The van der Waals surface area contributed by atoms with E-state index in [1.54, 1.807) is 105 Å². The Bertz CT molecular complexity index is 6520. The number of rotatable bonds is 37. The molecule has 7 heterocycles. The molecule has 7 aromatic heterocycles. The summed E-state index contributed by atoms with van der Waals surface area (Å²) in [5.41, 5.74) is 19.5. The molecule has 0 aliphatic rings. The number of nitrogens with zero attached hydrogens (tertiary/aromatic N) is 14. The fraction of sp³-hybridized carbons (Fsp3) is 0.318. The minimum absolute atomic E-state index is 0.0112. The van der Waals surface area contributed by atoms with Gasteiger partial charge in [0.15, 0.2) is 28.9 Å². The molecule has 24 nitrogen and oxygen atoms in total. The summed E-state index contributed by atoms with van der Waals surface area (Å²) >= 11 is 34.8. The van der Waals surface area contributed by atoms with E-state index >= 15 is 0 Å². The van der Waals surface area contributed by atoms with Gasteiger partial charge in [-0.1, -0.05) is 205 Å². The van der Waals surface area contributed by atoms with Crippen molar-refractivity contribution in [1.82, 2.24) is 58.9 Å². The highest BCUT2D eigenvalue weighted by molar-refractivity contribution is 7.13. The Morgan fingerprint density at radius 2 is 0.674 bits per heavy atom. The number of thiazole rings is 2. The van der Waals surface area contributed by atoms with Gasteiger partial charge in [-0.3, -0.25) is 52.4 Å². The summed E-state index contributed by atoms with van der Waals surface area (Å²) in [6.07, 6.45) is 1.81. The van der Waals surface area contributed by atoms with Crippen molar-refractivity contribution in [2.45, 2.75) is 217 Å². The average molecular weight is 2040 g/mol. The number of hydrogen-bond acceptors (Lipinski definition) is 21. The molecule has 31 heteroatoms. The highest BCUT2D eigenvalue weighted by Crippen LogP contribution is 2.35. The largest absolute Gasteiger partial charge is 0.378 e. The first-order valence-corrected chi connectivity index (χ1v) is 49.5. The van der Waals surface area contributed by atoms with Gasteiger partial charge in [-0.2, -0.15) is 30.8 Å². The maximum atomic E-state index is 11.8. The van der Waals surface area contributed by atoms with E-state index in [2.05, 4.69) is 92.5 Å². The number of ketones is 5. The van der Waals surface area contributed by atoms with Crippen LogP contribution in [0.15, 0.2) is 247 Å². The molecule has 0 aliphatic carbocycles. The van der Waals surface area contributed by atoms with Crippen LogP contribution in [0.2, 0.25) is 25.1 Å². The summed E-state index contributed by atoms with van der Waals surface area (Å²) in [4.78, 5) is 70.3. The van der Waals surface area contributed by atoms with Crippen molar-refractivity contribution in [3.63, 3.8) is 0 Å². The normalized spacial score (nSPS) is 11.6. The first-order chi connectivity index (χ1) is 66.9. The molecule has 15 aromatic rings. The average Bonchev–Trinajstić information content (AvgIpc) is 1.68. The van der Waals surface area contributed by atoms with Crippen LogP contribution >= 0.6 is 80.7 Å². The minimum Gasteiger partial charge on any atom is -0.378 e. The lowest BCUT2D eigenvalue weighted by atomic mass is 9.99. The zero-order chi connectivity index (χ0) is 102. The Balaban J connectivity index is 0.000000169. The maximum absolute atomic E-state index is 11.8. The van der Waals surface area contributed by atoms with Crippen molar-refractivity contribution < 1.29 is 47.7 Å². The molecule has 0 N–H and O–H groups in total. The number of hydrogen-bond donors (Lipinski definition) is 0. The third kappa shape index (κ3) is 30.7. The highest BCUT2D eigenvalue weighted by Gasteiger charge is 2.31. The number of benzene rings is 8. The molecule has 0 unspecified atom stereocenters. The van der Waals surface area contributed by atoms with Gasteiger partial charge in [0.25, 0.3) is 0 Å². The lowest BCUT2D eigenvalue weighted by Crippen LogP contribution is -2.32. The molecule has 0 bridgehead atoms. The van der Waals surface area contributed by atoms with E-state index in [0.717, 1.165) is 112 Å². The van der Waals surface area contributed by atoms with Gasteiger partial charge in [0.2, 0.25) is 0 Å². The van der Waals surface area contributed by atoms with Gasteiger partial charge in [-0.15, -0.1) is 22.7 Å². The summed E-state index contributed by atoms with van der Waals surface area (Å²) in [6, 6.07) is 74.8. The summed E-state index contributed by atoms with van der Waals surface area (Å²) < 4.78 is 38.6. The second-order valence-electron chi connectivity index (χ2n) is 36.8. The van der Waals surface area contributed by atoms with E-state index in [9.17, 15) is 29.2 Å². The fourth-order valence-corrected chi connectivity index (χ4v) is 15.7. The Morgan fingerprint density at radius 1 is 0.376 bits per heavy atom. The zero-order valence-electron chi connectivity index (χ0n) is 82.9. The topological polar surface area (TPSA) is 273 Å². The number of carbonyl (C=O) groups is 5. The Kier molecular flexibility index (Phi) is 38.5. The van der Waals surface area contributed by atoms with E-state index in [-0.39, 0.29) is 62.0 Å². The molecule has 0 aliphatic heterocycles. The molecule has 141 heavy (non-hydrogen) atoms. The first kappa shape index (κ1) is 109. The number of carbonyl (C=O) groups excluding carboxylic acids is 5. The van der Waals surface area contributed by atoms with Gasteiger partial charge in [0.1, 0.15) is 28.0 Å². The Labute approximate surface area is 858 Å². The third-order valence-corrected chi connectivity index (χ3v) is 27.1. The van der Waals surface area contributed by atoms with E-state index in [0.29, 0.717) is 75.0 Å². The van der Waals surface area contributed by atoms with Crippen molar-refractivity contribution >= 4 is 115 Å². The number of nitriles is 1. The molecule has 0 saturated heterocycles. The minimum atomic E-state index is -0.882. The molecular formula is C110H119Cl5N14O10S2. The van der Waals surface area contributed by atoms with Crippen LogP contribution in [0.1, 0.15) is 191 Å². The van der Waals surface area contributed by atoms with Crippen LogP contribution < -0.4 is 4.90 Å².